The van der Waals surface area contributed by atoms with Crippen LogP contribution in [0.2, 0.25) is 0 Å². The molecule has 1 aliphatic carbocycles. The van der Waals surface area contributed by atoms with Crippen molar-refractivity contribution < 1.29 is 23.1 Å². The Morgan fingerprint density at radius 2 is 1.97 bits per heavy atom. The van der Waals surface area contributed by atoms with Crippen LogP contribution in [0.4, 0.5) is 9.93 Å². The molecule has 1 saturated heterocycles. The van der Waals surface area contributed by atoms with Gasteiger partial charge in [-0.1, -0.05) is 32.1 Å². The van der Waals surface area contributed by atoms with Gasteiger partial charge in [0.05, 0.1) is 6.20 Å². The molecule has 1 aromatic rings. The lowest BCUT2D eigenvalue weighted by Crippen LogP contribution is -2.45. The molecule has 180 valence electrons. The standard InChI is InChI=1S/C21H34N4O5S2/c1-14(2)10-12-24(16-8-6-15(3)7-9-16)21(28)23-20-22-13-18(31-20)32(29,30)25-11-4-5-17(25)19(26)27/h13-17H,4-12H2,1-3H3,(H,26,27)(H,22,23,28)/t15-,16-,17-/m0/s1. The zero-order chi connectivity index (χ0) is 23.5. The summed E-state index contributed by atoms with van der Waals surface area (Å²) in [6, 6.07) is -1.14. The number of aliphatic carboxylic acids is 1. The second kappa shape index (κ2) is 10.5. The van der Waals surface area contributed by atoms with E-state index in [1.807, 2.05) is 4.90 Å². The van der Waals surface area contributed by atoms with E-state index in [9.17, 15) is 23.1 Å². The first-order valence-electron chi connectivity index (χ1n) is 11.4. The van der Waals surface area contributed by atoms with Gasteiger partial charge in [0.1, 0.15) is 6.04 Å². The summed E-state index contributed by atoms with van der Waals surface area (Å²) in [4.78, 5) is 30.5. The minimum Gasteiger partial charge on any atom is -0.480 e. The van der Waals surface area contributed by atoms with Crippen molar-refractivity contribution in [2.24, 2.45) is 11.8 Å². The van der Waals surface area contributed by atoms with Gasteiger partial charge in [0, 0.05) is 19.1 Å². The molecule has 2 amide bonds. The molecular formula is C21H34N4O5S2. The van der Waals surface area contributed by atoms with Gasteiger partial charge in [0.2, 0.25) is 0 Å². The lowest BCUT2D eigenvalue weighted by molar-refractivity contribution is -0.140. The van der Waals surface area contributed by atoms with Crippen LogP contribution >= 0.6 is 11.3 Å². The third-order valence-corrected chi connectivity index (χ3v) is 9.64. The van der Waals surface area contributed by atoms with Crippen LogP contribution in [-0.4, -0.2) is 64.9 Å². The molecule has 1 saturated carbocycles. The monoisotopic (exact) mass is 486 g/mol. The summed E-state index contributed by atoms with van der Waals surface area (Å²) in [5.74, 6) is -0.00743. The number of sulfonamides is 1. The molecule has 0 bridgehead atoms. The Bertz CT molecular complexity index is 909. The predicted octanol–water partition coefficient (Wildman–Crippen LogP) is 3.84. The first kappa shape index (κ1) is 24.9. The molecule has 32 heavy (non-hydrogen) atoms. The summed E-state index contributed by atoms with van der Waals surface area (Å²) in [5, 5.41) is 12.3. The highest BCUT2D eigenvalue weighted by Gasteiger charge is 2.40. The number of carboxylic acid groups (broad SMARTS) is 1. The lowest BCUT2D eigenvalue weighted by atomic mass is 9.86. The minimum atomic E-state index is -3.97. The van der Waals surface area contributed by atoms with Gasteiger partial charge in [-0.3, -0.25) is 10.1 Å². The molecule has 1 atom stereocenters. The molecule has 2 heterocycles. The Hall–Kier alpha value is -1.72. The molecule has 1 aromatic heterocycles. The van der Waals surface area contributed by atoms with Crippen LogP contribution in [0.15, 0.2) is 10.4 Å². The van der Waals surface area contributed by atoms with Gasteiger partial charge in [-0.15, -0.1) is 0 Å². The molecule has 9 nitrogen and oxygen atoms in total. The van der Waals surface area contributed by atoms with Crippen molar-refractivity contribution in [2.45, 2.75) is 82.0 Å². The average Bonchev–Trinajstić information content (AvgIpc) is 3.39. The number of carboxylic acids is 1. The molecule has 0 aromatic carbocycles. The van der Waals surface area contributed by atoms with Crippen molar-refractivity contribution in [2.75, 3.05) is 18.4 Å². The van der Waals surface area contributed by atoms with Gasteiger partial charge < -0.3 is 10.0 Å². The number of aromatic nitrogens is 1. The third kappa shape index (κ3) is 5.79. The van der Waals surface area contributed by atoms with E-state index in [0.717, 1.165) is 47.7 Å². The SMILES string of the molecule is CC(C)CCN(C(=O)Nc1ncc(S(=O)(=O)N2CCC[C@H]2C(=O)O)s1)[C@H]1CC[C@H](C)CC1. The molecule has 1 aliphatic heterocycles. The summed E-state index contributed by atoms with van der Waals surface area (Å²) < 4.78 is 26.9. The zero-order valence-corrected chi connectivity index (χ0v) is 20.6. The number of carbonyl (C=O) groups excluding carboxylic acids is 1. The summed E-state index contributed by atoms with van der Waals surface area (Å²) in [7, 11) is -3.97. The van der Waals surface area contributed by atoms with Gasteiger partial charge in [-0.25, -0.2) is 18.2 Å². The van der Waals surface area contributed by atoms with Crippen LogP contribution in [0.5, 0.6) is 0 Å². The number of thiazole rings is 1. The van der Waals surface area contributed by atoms with Crippen LogP contribution < -0.4 is 5.32 Å². The van der Waals surface area contributed by atoms with Crippen molar-refractivity contribution in [3.63, 3.8) is 0 Å². The Kier molecular flexibility index (Phi) is 8.16. The van der Waals surface area contributed by atoms with E-state index in [4.69, 9.17) is 0 Å². The molecule has 2 fully saturated rings. The molecule has 2 aliphatic rings. The van der Waals surface area contributed by atoms with Gasteiger partial charge >= 0.3 is 12.0 Å². The minimum absolute atomic E-state index is 0.0545. The van der Waals surface area contributed by atoms with Crippen LogP contribution in [0, 0.1) is 11.8 Å². The lowest BCUT2D eigenvalue weighted by Gasteiger charge is -2.36. The van der Waals surface area contributed by atoms with Crippen molar-refractivity contribution in [1.29, 1.82) is 0 Å². The van der Waals surface area contributed by atoms with Crippen LogP contribution in [0.3, 0.4) is 0 Å². The number of nitrogens with one attached hydrogen (secondary N) is 1. The zero-order valence-electron chi connectivity index (χ0n) is 19.0. The van der Waals surface area contributed by atoms with Crippen molar-refractivity contribution in [3.8, 4) is 0 Å². The maximum Gasteiger partial charge on any atom is 0.323 e. The fraction of sp³-hybridized carbons (Fsp3) is 0.762. The Labute approximate surface area is 194 Å². The van der Waals surface area contributed by atoms with E-state index >= 15 is 0 Å². The summed E-state index contributed by atoms with van der Waals surface area (Å²) in [6.07, 6.45) is 7.01. The third-order valence-electron chi connectivity index (χ3n) is 6.38. The number of hydrogen-bond donors (Lipinski definition) is 2. The van der Waals surface area contributed by atoms with Gasteiger partial charge in [-0.05, 0) is 56.8 Å². The quantitative estimate of drug-likeness (QED) is 0.576. The predicted molar refractivity (Wildman–Crippen MR) is 123 cm³/mol. The first-order chi connectivity index (χ1) is 15.1. The Morgan fingerprint density at radius 3 is 2.59 bits per heavy atom. The Balaban J connectivity index is 1.71. The number of hydrogen-bond acceptors (Lipinski definition) is 6. The molecule has 3 rings (SSSR count). The summed E-state index contributed by atoms with van der Waals surface area (Å²) in [6.45, 7) is 7.30. The maximum atomic E-state index is 13.1. The fourth-order valence-corrected chi connectivity index (χ4v) is 7.19. The topological polar surface area (TPSA) is 120 Å². The second-order valence-electron chi connectivity index (χ2n) is 9.32. The van der Waals surface area contributed by atoms with E-state index in [0.29, 0.717) is 31.2 Å². The van der Waals surface area contributed by atoms with Crippen LogP contribution in [0.25, 0.3) is 0 Å². The summed E-state index contributed by atoms with van der Waals surface area (Å²) >= 11 is 0.865. The highest BCUT2D eigenvalue weighted by Crippen LogP contribution is 2.32. The van der Waals surface area contributed by atoms with E-state index in [2.05, 4.69) is 31.1 Å². The van der Waals surface area contributed by atoms with Gasteiger partial charge in [-0.2, -0.15) is 4.31 Å². The number of urea groups is 1. The van der Waals surface area contributed by atoms with Crippen LogP contribution in [-0.2, 0) is 14.8 Å². The summed E-state index contributed by atoms with van der Waals surface area (Å²) in [5.41, 5.74) is 0. The number of nitrogens with zero attached hydrogens (tertiary/aromatic N) is 3. The fourth-order valence-electron chi connectivity index (χ4n) is 4.39. The average molecular weight is 487 g/mol. The first-order valence-corrected chi connectivity index (χ1v) is 13.6. The highest BCUT2D eigenvalue weighted by molar-refractivity contribution is 7.91. The molecule has 0 spiro atoms. The number of carbonyl (C=O) groups is 2. The normalized spacial score (nSPS) is 24.6. The highest BCUT2D eigenvalue weighted by atomic mass is 32.2. The molecule has 0 radical (unpaired) electrons. The van der Waals surface area contributed by atoms with Crippen molar-refractivity contribution in [1.82, 2.24) is 14.2 Å². The van der Waals surface area contributed by atoms with E-state index in [1.165, 1.54) is 6.20 Å². The molecule has 2 N–H and O–H groups in total. The van der Waals surface area contributed by atoms with E-state index in [1.54, 1.807) is 0 Å². The van der Waals surface area contributed by atoms with E-state index in [-0.39, 0.29) is 28.0 Å². The Morgan fingerprint density at radius 1 is 1.28 bits per heavy atom. The largest absolute Gasteiger partial charge is 0.480 e. The van der Waals surface area contributed by atoms with Crippen molar-refractivity contribution >= 4 is 38.5 Å². The van der Waals surface area contributed by atoms with E-state index < -0.39 is 22.0 Å². The van der Waals surface area contributed by atoms with Crippen LogP contribution in [0.1, 0.15) is 65.7 Å². The second-order valence-corrected chi connectivity index (χ2v) is 12.5. The molecule has 0 unspecified atom stereocenters. The number of rotatable bonds is 8. The number of amides is 2. The molecular weight excluding hydrogens is 452 g/mol. The van der Waals surface area contributed by atoms with Crippen molar-refractivity contribution in [3.05, 3.63) is 6.20 Å². The van der Waals surface area contributed by atoms with Gasteiger partial charge in [0.15, 0.2) is 9.34 Å². The number of anilines is 1. The smallest absolute Gasteiger partial charge is 0.323 e. The van der Waals surface area contributed by atoms with Gasteiger partial charge in [0.25, 0.3) is 10.0 Å². The maximum absolute atomic E-state index is 13.1. The molecule has 11 heteroatoms.